The molecule has 3 rings (SSSR count). The van der Waals surface area contributed by atoms with Gasteiger partial charge >= 0.3 is 0 Å². The monoisotopic (exact) mass is 348 g/mol. The van der Waals surface area contributed by atoms with Crippen LogP contribution in [0.4, 0.5) is 18.9 Å². The van der Waals surface area contributed by atoms with Crippen LogP contribution in [0.25, 0.3) is 0 Å². The lowest BCUT2D eigenvalue weighted by atomic mass is 9.87. The second kappa shape index (κ2) is 7.27. The number of nitrogens with one attached hydrogen (secondary N) is 1. The molecule has 2 aromatic rings. The Morgan fingerprint density at radius 3 is 2.72 bits per heavy atom. The minimum Gasteiger partial charge on any atom is -0.322 e. The molecule has 1 amide bonds. The fourth-order valence-electron chi connectivity index (χ4n) is 3.34. The van der Waals surface area contributed by atoms with Crippen LogP contribution in [0, 0.1) is 17.5 Å². The number of benzene rings is 2. The highest BCUT2D eigenvalue weighted by Crippen LogP contribution is 2.33. The van der Waals surface area contributed by atoms with Crippen molar-refractivity contribution in [1.29, 1.82) is 0 Å². The number of carbonyl (C=O) groups excluding carboxylic acids is 1. The van der Waals surface area contributed by atoms with Gasteiger partial charge in [0.2, 0.25) is 5.91 Å². The Kier molecular flexibility index (Phi) is 5.08. The van der Waals surface area contributed by atoms with Gasteiger partial charge in [-0.3, -0.25) is 9.69 Å². The SMILES string of the molecule is CN(CC(=O)Nc1ccc(F)c(F)c1F)[C@@H]1CCCc2ccccc21. The highest BCUT2D eigenvalue weighted by Gasteiger charge is 2.25. The topological polar surface area (TPSA) is 32.3 Å². The molecule has 2 aromatic carbocycles. The molecule has 0 saturated heterocycles. The molecule has 0 radical (unpaired) electrons. The van der Waals surface area contributed by atoms with Crippen molar-refractivity contribution in [1.82, 2.24) is 4.90 Å². The third-order valence-corrected chi connectivity index (χ3v) is 4.57. The lowest BCUT2D eigenvalue weighted by Gasteiger charge is -2.32. The smallest absolute Gasteiger partial charge is 0.238 e. The van der Waals surface area contributed by atoms with E-state index in [2.05, 4.69) is 17.4 Å². The van der Waals surface area contributed by atoms with Crippen LogP contribution in [0.15, 0.2) is 36.4 Å². The summed E-state index contributed by atoms with van der Waals surface area (Å²) >= 11 is 0. The van der Waals surface area contributed by atoms with Crippen LogP contribution in [0.3, 0.4) is 0 Å². The van der Waals surface area contributed by atoms with Crippen molar-refractivity contribution < 1.29 is 18.0 Å². The first kappa shape index (κ1) is 17.5. The standard InChI is InChI=1S/C19H19F3N2O/c1-24(16-8-4-6-12-5-2-3-7-13(12)16)11-17(25)23-15-10-9-14(20)18(21)19(15)22/h2-3,5,7,9-10,16H,4,6,8,11H2,1H3,(H,23,25)/t16-/m1/s1. The fourth-order valence-corrected chi connectivity index (χ4v) is 3.34. The molecule has 25 heavy (non-hydrogen) atoms. The van der Waals surface area contributed by atoms with Crippen molar-refractivity contribution >= 4 is 11.6 Å². The number of fused-ring (bicyclic) bond motifs is 1. The van der Waals surface area contributed by atoms with E-state index in [0.717, 1.165) is 31.4 Å². The minimum atomic E-state index is -1.59. The average molecular weight is 348 g/mol. The van der Waals surface area contributed by atoms with E-state index in [-0.39, 0.29) is 18.3 Å². The number of nitrogens with zero attached hydrogens (tertiary/aromatic N) is 1. The van der Waals surface area contributed by atoms with Crippen molar-refractivity contribution in [3.05, 3.63) is 65.0 Å². The summed E-state index contributed by atoms with van der Waals surface area (Å²) in [5, 5.41) is 2.31. The van der Waals surface area contributed by atoms with Crippen molar-refractivity contribution in [3.8, 4) is 0 Å². The van der Waals surface area contributed by atoms with Crippen molar-refractivity contribution in [2.75, 3.05) is 18.9 Å². The van der Waals surface area contributed by atoms with Gasteiger partial charge in [0.1, 0.15) is 0 Å². The maximum atomic E-state index is 13.7. The first-order chi connectivity index (χ1) is 12.0. The largest absolute Gasteiger partial charge is 0.322 e. The number of hydrogen-bond acceptors (Lipinski definition) is 2. The van der Waals surface area contributed by atoms with Gasteiger partial charge in [-0.05, 0) is 49.6 Å². The number of aryl methyl sites for hydroxylation is 1. The molecule has 0 bridgehead atoms. The fraction of sp³-hybridized carbons (Fsp3) is 0.316. The zero-order valence-corrected chi connectivity index (χ0v) is 13.9. The molecule has 1 atom stereocenters. The van der Waals surface area contributed by atoms with E-state index in [0.29, 0.717) is 0 Å². The van der Waals surface area contributed by atoms with Gasteiger partial charge in [-0.2, -0.15) is 0 Å². The molecule has 0 fully saturated rings. The summed E-state index contributed by atoms with van der Waals surface area (Å²) in [5.74, 6) is -4.74. The first-order valence-electron chi connectivity index (χ1n) is 8.18. The third-order valence-electron chi connectivity index (χ3n) is 4.57. The van der Waals surface area contributed by atoms with Crippen LogP contribution in [0.2, 0.25) is 0 Å². The lowest BCUT2D eigenvalue weighted by Crippen LogP contribution is -2.35. The predicted molar refractivity (Wildman–Crippen MR) is 89.7 cm³/mol. The maximum absolute atomic E-state index is 13.7. The molecule has 0 unspecified atom stereocenters. The molecule has 0 aromatic heterocycles. The number of carbonyl (C=O) groups is 1. The van der Waals surface area contributed by atoms with Crippen molar-refractivity contribution in [3.63, 3.8) is 0 Å². The number of hydrogen-bond donors (Lipinski definition) is 1. The van der Waals surface area contributed by atoms with E-state index in [4.69, 9.17) is 0 Å². The van der Waals surface area contributed by atoms with Gasteiger partial charge in [-0.1, -0.05) is 24.3 Å². The quantitative estimate of drug-likeness (QED) is 0.846. The summed E-state index contributed by atoms with van der Waals surface area (Å²) in [5.41, 5.74) is 2.11. The first-order valence-corrected chi connectivity index (χ1v) is 8.18. The number of likely N-dealkylation sites (N-methyl/N-ethyl adjacent to an activating group) is 1. The molecule has 1 aliphatic carbocycles. The Morgan fingerprint density at radius 1 is 1.16 bits per heavy atom. The number of amides is 1. The normalized spacial score (nSPS) is 16.6. The van der Waals surface area contributed by atoms with E-state index in [9.17, 15) is 18.0 Å². The molecule has 3 nitrogen and oxygen atoms in total. The van der Waals surface area contributed by atoms with E-state index in [1.807, 2.05) is 24.1 Å². The number of anilines is 1. The summed E-state index contributed by atoms with van der Waals surface area (Å²) < 4.78 is 39.9. The molecule has 1 aliphatic rings. The molecule has 0 heterocycles. The zero-order chi connectivity index (χ0) is 18.0. The lowest BCUT2D eigenvalue weighted by molar-refractivity contribution is -0.117. The molecular formula is C19H19F3N2O. The van der Waals surface area contributed by atoms with E-state index >= 15 is 0 Å². The summed E-state index contributed by atoms with van der Waals surface area (Å²) in [4.78, 5) is 14.1. The molecule has 0 spiro atoms. The van der Waals surface area contributed by atoms with Gasteiger partial charge in [-0.25, -0.2) is 13.2 Å². The Morgan fingerprint density at radius 2 is 1.92 bits per heavy atom. The van der Waals surface area contributed by atoms with Crippen LogP contribution in [-0.4, -0.2) is 24.4 Å². The highest BCUT2D eigenvalue weighted by molar-refractivity contribution is 5.92. The minimum absolute atomic E-state index is 0.0252. The summed E-state index contributed by atoms with van der Waals surface area (Å²) in [6, 6.07) is 10.0. The molecule has 132 valence electrons. The maximum Gasteiger partial charge on any atom is 0.238 e. The predicted octanol–water partition coefficient (Wildman–Crippen LogP) is 4.05. The van der Waals surface area contributed by atoms with Crippen LogP contribution in [0.1, 0.15) is 30.0 Å². The zero-order valence-electron chi connectivity index (χ0n) is 13.9. The van der Waals surface area contributed by atoms with Crippen LogP contribution in [-0.2, 0) is 11.2 Å². The van der Waals surface area contributed by atoms with Gasteiger partial charge in [-0.15, -0.1) is 0 Å². The van der Waals surface area contributed by atoms with E-state index < -0.39 is 23.4 Å². The molecular weight excluding hydrogens is 329 g/mol. The van der Waals surface area contributed by atoms with Gasteiger partial charge in [0.05, 0.1) is 12.2 Å². The van der Waals surface area contributed by atoms with Crippen LogP contribution >= 0.6 is 0 Å². The second-order valence-corrected chi connectivity index (χ2v) is 6.29. The van der Waals surface area contributed by atoms with Crippen LogP contribution < -0.4 is 5.32 Å². The summed E-state index contributed by atoms with van der Waals surface area (Å²) in [6.07, 6.45) is 2.98. The number of rotatable bonds is 4. The highest BCUT2D eigenvalue weighted by atomic mass is 19.2. The van der Waals surface area contributed by atoms with Crippen molar-refractivity contribution in [2.45, 2.75) is 25.3 Å². The molecule has 6 heteroatoms. The molecule has 1 N–H and O–H groups in total. The van der Waals surface area contributed by atoms with Gasteiger partial charge in [0.25, 0.3) is 0 Å². The van der Waals surface area contributed by atoms with E-state index in [1.165, 1.54) is 11.1 Å². The third kappa shape index (κ3) is 3.69. The Bertz CT molecular complexity index is 794. The molecule has 0 saturated carbocycles. The van der Waals surface area contributed by atoms with Crippen LogP contribution in [0.5, 0.6) is 0 Å². The van der Waals surface area contributed by atoms with Crippen molar-refractivity contribution in [2.24, 2.45) is 0 Å². The van der Waals surface area contributed by atoms with Gasteiger partial charge in [0.15, 0.2) is 17.5 Å². The summed E-state index contributed by atoms with van der Waals surface area (Å²) in [6.45, 7) is 0.0252. The van der Waals surface area contributed by atoms with E-state index in [1.54, 1.807) is 0 Å². The summed E-state index contributed by atoms with van der Waals surface area (Å²) in [7, 11) is 1.83. The van der Waals surface area contributed by atoms with Gasteiger partial charge < -0.3 is 5.32 Å². The molecule has 0 aliphatic heterocycles. The second-order valence-electron chi connectivity index (χ2n) is 6.29. The Labute approximate surface area is 144 Å². The Hall–Kier alpha value is -2.34. The number of halogens is 3. The average Bonchev–Trinajstić information content (AvgIpc) is 2.61. The Balaban J connectivity index is 1.69. The van der Waals surface area contributed by atoms with Gasteiger partial charge in [0, 0.05) is 6.04 Å².